The van der Waals surface area contributed by atoms with Crippen molar-refractivity contribution in [1.82, 2.24) is 15.6 Å². The van der Waals surface area contributed by atoms with Crippen LogP contribution in [0.3, 0.4) is 0 Å². The highest BCUT2D eigenvalue weighted by Gasteiger charge is 2.52. The quantitative estimate of drug-likeness (QED) is 0.266. The highest BCUT2D eigenvalue weighted by atomic mass is 32.2. The van der Waals surface area contributed by atoms with Crippen LogP contribution in [-0.2, 0) is 9.59 Å². The number of aromatic nitrogens is 1. The Morgan fingerprint density at radius 3 is 2.41 bits per heavy atom. The van der Waals surface area contributed by atoms with E-state index in [4.69, 9.17) is 0 Å². The van der Waals surface area contributed by atoms with E-state index in [0.717, 1.165) is 24.2 Å². The van der Waals surface area contributed by atoms with Crippen LogP contribution in [0.25, 0.3) is 10.4 Å². The smallest absolute Gasteiger partial charge is 0.258 e. The standard InChI is InChI=1S/C17H29FN2OS.C13H14N2OS/c1-12(2)22-16(4,5)14(11-20-10-6-7-13(20)3)19-15(21)17(18)8-9-17;1-9(14-7-16)11-3-5-12(6-4-11)13-10(2)15-8-17-13/h11-14H,6-10H2,1-5H3;3-9H,1-2H3,(H,14,16)/p+1. The van der Waals surface area contributed by atoms with Crippen molar-refractivity contribution in [2.75, 3.05) is 6.54 Å². The molecule has 1 aliphatic carbocycles. The van der Waals surface area contributed by atoms with E-state index in [1.54, 1.807) is 11.3 Å². The Morgan fingerprint density at radius 1 is 1.26 bits per heavy atom. The fourth-order valence-electron chi connectivity index (χ4n) is 4.75. The maximum absolute atomic E-state index is 14.0. The molecular weight excluding hydrogens is 531 g/mol. The molecule has 2 heterocycles. The molecule has 2 fully saturated rings. The molecule has 4 rings (SSSR count). The summed E-state index contributed by atoms with van der Waals surface area (Å²) in [6.07, 6.45) is 5.96. The summed E-state index contributed by atoms with van der Waals surface area (Å²) in [5.41, 5.74) is 3.58. The predicted molar refractivity (Wildman–Crippen MR) is 162 cm³/mol. The van der Waals surface area contributed by atoms with Crippen LogP contribution in [-0.4, -0.2) is 62.4 Å². The Labute approximate surface area is 241 Å². The van der Waals surface area contributed by atoms with E-state index in [2.05, 4.69) is 73.2 Å². The number of alkyl halides is 1. The van der Waals surface area contributed by atoms with Gasteiger partial charge in [-0.25, -0.2) is 13.9 Å². The molecule has 2 aliphatic rings. The van der Waals surface area contributed by atoms with Crippen LogP contribution < -0.4 is 10.6 Å². The summed E-state index contributed by atoms with van der Waals surface area (Å²) in [6, 6.07) is 8.60. The summed E-state index contributed by atoms with van der Waals surface area (Å²) in [7, 11) is 0. The minimum atomic E-state index is -1.61. The van der Waals surface area contributed by atoms with Gasteiger partial charge in [-0.05, 0) is 63.8 Å². The average Bonchev–Trinajstić information content (AvgIpc) is 3.27. The minimum Gasteiger partial charge on any atom is -0.352 e. The number of benzene rings is 1. The fourth-order valence-corrected chi connectivity index (χ4v) is 7.04. The van der Waals surface area contributed by atoms with Gasteiger partial charge < -0.3 is 10.6 Å². The lowest BCUT2D eigenvalue weighted by molar-refractivity contribution is -0.537. The summed E-state index contributed by atoms with van der Waals surface area (Å²) in [5.74, 6) is -0.432. The number of rotatable bonds is 10. The lowest BCUT2D eigenvalue weighted by atomic mass is 10.0. The maximum Gasteiger partial charge on any atom is 0.258 e. The van der Waals surface area contributed by atoms with Gasteiger partial charge in [0.15, 0.2) is 11.9 Å². The first-order valence-corrected chi connectivity index (χ1v) is 15.6. The van der Waals surface area contributed by atoms with Gasteiger partial charge in [0, 0.05) is 17.6 Å². The van der Waals surface area contributed by atoms with Crippen molar-refractivity contribution < 1.29 is 18.6 Å². The van der Waals surface area contributed by atoms with Crippen LogP contribution in [0.4, 0.5) is 4.39 Å². The van der Waals surface area contributed by atoms with E-state index in [9.17, 15) is 14.0 Å². The van der Waals surface area contributed by atoms with E-state index in [1.165, 1.54) is 23.3 Å². The number of carbonyl (C=O) groups is 2. The van der Waals surface area contributed by atoms with Gasteiger partial charge >= 0.3 is 0 Å². The van der Waals surface area contributed by atoms with E-state index >= 15 is 0 Å². The van der Waals surface area contributed by atoms with Crippen LogP contribution in [0.15, 0.2) is 29.8 Å². The SMILES string of the molecule is CC(C)SC(C)(C)C(C=[N+]1CCCC1C)NC(=O)C1(F)CC1.Cc1ncsc1-c1ccc(C(C)NC=O)cc1. The number of amides is 2. The van der Waals surface area contributed by atoms with Crippen molar-refractivity contribution in [3.8, 4) is 10.4 Å². The molecule has 2 amide bonds. The average molecular weight is 576 g/mol. The third-order valence-electron chi connectivity index (χ3n) is 7.35. The number of hydrogen-bond acceptors (Lipinski definition) is 5. The molecule has 0 spiro atoms. The molecule has 3 unspecified atom stereocenters. The van der Waals surface area contributed by atoms with Gasteiger partial charge in [-0.15, -0.1) is 11.3 Å². The largest absolute Gasteiger partial charge is 0.352 e. The summed E-state index contributed by atoms with van der Waals surface area (Å²) < 4.78 is 16.2. The lowest BCUT2D eigenvalue weighted by Gasteiger charge is -2.33. The zero-order valence-electron chi connectivity index (χ0n) is 24.3. The lowest BCUT2D eigenvalue weighted by Crippen LogP contribution is -2.53. The molecule has 0 bridgehead atoms. The van der Waals surface area contributed by atoms with Crippen LogP contribution in [0, 0.1) is 6.92 Å². The van der Waals surface area contributed by atoms with Gasteiger partial charge in [0.1, 0.15) is 18.6 Å². The van der Waals surface area contributed by atoms with Gasteiger partial charge in [0.2, 0.25) is 6.41 Å². The number of aryl methyl sites for hydroxylation is 1. The number of thiazole rings is 1. The summed E-state index contributed by atoms with van der Waals surface area (Å²) >= 11 is 3.47. The Bertz CT molecular complexity index is 1140. The predicted octanol–water partition coefficient (Wildman–Crippen LogP) is 6.08. The Hall–Kier alpha value is -2.26. The van der Waals surface area contributed by atoms with Crippen LogP contribution in [0.2, 0.25) is 0 Å². The van der Waals surface area contributed by atoms with E-state index in [0.29, 0.717) is 24.1 Å². The second-order valence-corrected chi connectivity index (χ2v) is 14.5. The second kappa shape index (κ2) is 13.4. The summed E-state index contributed by atoms with van der Waals surface area (Å²) in [5, 5.41) is 6.18. The Morgan fingerprint density at radius 2 is 1.92 bits per heavy atom. The Balaban J connectivity index is 0.000000223. The first-order valence-electron chi connectivity index (χ1n) is 13.8. The number of hydrogen-bond donors (Lipinski definition) is 2. The van der Waals surface area contributed by atoms with Gasteiger partial charge in [-0.1, -0.05) is 38.1 Å². The van der Waals surface area contributed by atoms with Crippen molar-refractivity contribution in [2.45, 2.75) is 108 Å². The highest BCUT2D eigenvalue weighted by Crippen LogP contribution is 2.40. The monoisotopic (exact) mass is 575 g/mol. The molecule has 2 N–H and O–H groups in total. The number of thioether (sulfide) groups is 1. The third-order valence-corrected chi connectivity index (χ3v) is 9.66. The zero-order chi connectivity index (χ0) is 28.8. The van der Waals surface area contributed by atoms with E-state index in [-0.39, 0.29) is 16.8 Å². The summed E-state index contributed by atoms with van der Waals surface area (Å²) in [6.45, 7) is 15.8. The van der Waals surface area contributed by atoms with Crippen molar-refractivity contribution in [3.63, 3.8) is 0 Å². The molecule has 9 heteroatoms. The summed E-state index contributed by atoms with van der Waals surface area (Å²) in [4.78, 5) is 28.0. The number of carbonyl (C=O) groups excluding carboxylic acids is 2. The van der Waals surface area contributed by atoms with Gasteiger partial charge in [0.05, 0.1) is 22.1 Å². The first-order chi connectivity index (χ1) is 18.4. The molecule has 1 saturated carbocycles. The van der Waals surface area contributed by atoms with Crippen LogP contribution in [0.5, 0.6) is 0 Å². The second-order valence-electron chi connectivity index (χ2n) is 11.5. The molecule has 3 atom stereocenters. The topological polar surface area (TPSA) is 74.1 Å². The molecule has 6 nitrogen and oxygen atoms in total. The molecular formula is C30H44FN4O2S2+. The molecule has 0 radical (unpaired) electrons. The minimum absolute atomic E-state index is 0.0455. The number of nitrogens with one attached hydrogen (secondary N) is 2. The Kier molecular flexibility index (Phi) is 10.7. The highest BCUT2D eigenvalue weighted by molar-refractivity contribution is 8.01. The van der Waals surface area contributed by atoms with Crippen molar-refractivity contribution in [3.05, 3.63) is 41.0 Å². The maximum atomic E-state index is 14.0. The van der Waals surface area contributed by atoms with Gasteiger partial charge in [-0.2, -0.15) is 11.8 Å². The van der Waals surface area contributed by atoms with Crippen molar-refractivity contribution >= 4 is 41.6 Å². The fraction of sp³-hybridized carbons (Fsp3) is 0.600. The van der Waals surface area contributed by atoms with Crippen LogP contribution in [0.1, 0.15) is 84.5 Å². The number of halogens is 1. The van der Waals surface area contributed by atoms with Crippen molar-refractivity contribution in [1.29, 1.82) is 0 Å². The molecule has 1 aromatic heterocycles. The molecule has 1 aliphatic heterocycles. The van der Waals surface area contributed by atoms with Crippen LogP contribution >= 0.6 is 23.1 Å². The van der Waals surface area contributed by atoms with Crippen molar-refractivity contribution in [2.24, 2.45) is 0 Å². The molecule has 1 aromatic carbocycles. The molecule has 1 saturated heterocycles. The molecule has 2 aromatic rings. The van der Waals surface area contributed by atoms with Gasteiger partial charge in [-0.3, -0.25) is 9.59 Å². The third kappa shape index (κ3) is 8.61. The normalized spacial score (nSPS) is 20.6. The molecule has 214 valence electrons. The van der Waals surface area contributed by atoms with E-state index < -0.39 is 11.6 Å². The first kappa shape index (κ1) is 31.3. The van der Waals surface area contributed by atoms with Gasteiger partial charge in [0.25, 0.3) is 5.91 Å². The van der Waals surface area contributed by atoms with E-state index in [1.807, 2.05) is 43.3 Å². The molecule has 39 heavy (non-hydrogen) atoms. The number of nitrogens with zero attached hydrogens (tertiary/aromatic N) is 2. The zero-order valence-corrected chi connectivity index (χ0v) is 25.9.